The Morgan fingerprint density at radius 3 is 2.94 bits per heavy atom. The van der Waals surface area contributed by atoms with Crippen LogP contribution in [0.1, 0.15) is 25.3 Å². The van der Waals surface area contributed by atoms with Crippen LogP contribution in [0.5, 0.6) is 0 Å². The average Bonchev–Trinajstić information content (AvgIpc) is 2.41. The van der Waals surface area contributed by atoms with Gasteiger partial charge < -0.3 is 15.8 Å². The van der Waals surface area contributed by atoms with Crippen LogP contribution in [0.15, 0.2) is 12.3 Å². The Kier molecular flexibility index (Phi) is 4.00. The maximum absolute atomic E-state index is 9.06. The van der Waals surface area contributed by atoms with Crippen LogP contribution in [0.2, 0.25) is 0 Å². The molecule has 1 aromatic heterocycles. The molecule has 1 unspecified atom stereocenters. The highest BCUT2D eigenvalue weighted by Crippen LogP contribution is 2.23. The highest BCUT2D eigenvalue weighted by atomic mass is 16.5. The van der Waals surface area contributed by atoms with Crippen molar-refractivity contribution in [2.24, 2.45) is 5.92 Å². The number of nitrogens with one attached hydrogen (secondary N) is 1. The maximum atomic E-state index is 9.06. The quantitative estimate of drug-likeness (QED) is 0.849. The van der Waals surface area contributed by atoms with E-state index in [0.29, 0.717) is 23.0 Å². The van der Waals surface area contributed by atoms with Crippen LogP contribution in [0, 0.1) is 17.2 Å². The van der Waals surface area contributed by atoms with Crippen LogP contribution in [0.4, 0.5) is 11.5 Å². The van der Waals surface area contributed by atoms with Gasteiger partial charge in [-0.05, 0) is 31.7 Å². The molecule has 96 valence electrons. The highest BCUT2D eigenvalue weighted by molar-refractivity contribution is 5.57. The van der Waals surface area contributed by atoms with Crippen LogP contribution in [0.25, 0.3) is 0 Å². The zero-order chi connectivity index (χ0) is 13.0. The second kappa shape index (κ2) is 5.69. The number of nitriles is 1. The summed E-state index contributed by atoms with van der Waals surface area (Å²) in [4.78, 5) is 4.19. The first-order chi connectivity index (χ1) is 8.70. The summed E-state index contributed by atoms with van der Waals surface area (Å²) >= 11 is 0. The molecule has 0 bridgehead atoms. The number of aromatic nitrogens is 1. The van der Waals surface area contributed by atoms with Crippen molar-refractivity contribution < 1.29 is 4.74 Å². The van der Waals surface area contributed by atoms with Gasteiger partial charge in [-0.15, -0.1) is 0 Å². The van der Waals surface area contributed by atoms with Gasteiger partial charge >= 0.3 is 0 Å². The van der Waals surface area contributed by atoms with Gasteiger partial charge in [0.2, 0.25) is 0 Å². The van der Waals surface area contributed by atoms with Crippen molar-refractivity contribution in [2.45, 2.75) is 25.8 Å². The normalized spacial score (nSPS) is 18.0. The van der Waals surface area contributed by atoms with Crippen molar-refractivity contribution in [3.8, 4) is 6.07 Å². The van der Waals surface area contributed by atoms with Crippen molar-refractivity contribution in [2.75, 3.05) is 24.3 Å². The van der Waals surface area contributed by atoms with Crippen LogP contribution in [-0.2, 0) is 4.74 Å². The summed E-state index contributed by atoms with van der Waals surface area (Å²) in [6, 6.07) is 4.03. The molecular weight excluding hydrogens is 228 g/mol. The van der Waals surface area contributed by atoms with Crippen molar-refractivity contribution in [1.82, 2.24) is 4.98 Å². The van der Waals surface area contributed by atoms with Gasteiger partial charge in [0.15, 0.2) is 0 Å². The van der Waals surface area contributed by atoms with Crippen molar-refractivity contribution in [3.05, 3.63) is 17.8 Å². The summed E-state index contributed by atoms with van der Waals surface area (Å²) in [6.07, 6.45) is 3.66. The predicted octanol–water partition coefficient (Wildman–Crippen LogP) is 1.76. The number of nitrogens with zero attached hydrogens (tertiary/aromatic N) is 2. The van der Waals surface area contributed by atoms with Gasteiger partial charge in [-0.1, -0.05) is 0 Å². The van der Waals surface area contributed by atoms with E-state index >= 15 is 0 Å². The molecule has 0 amide bonds. The zero-order valence-electron chi connectivity index (χ0n) is 10.5. The largest absolute Gasteiger partial charge is 0.397 e. The van der Waals surface area contributed by atoms with Crippen LogP contribution in [-0.4, -0.2) is 24.2 Å². The van der Waals surface area contributed by atoms with Gasteiger partial charge in [0.25, 0.3) is 0 Å². The second-order valence-electron chi connectivity index (χ2n) is 4.66. The van der Waals surface area contributed by atoms with Crippen molar-refractivity contribution >= 4 is 11.5 Å². The minimum Gasteiger partial charge on any atom is -0.397 e. The van der Waals surface area contributed by atoms with Crippen molar-refractivity contribution in [3.63, 3.8) is 0 Å². The molecule has 1 atom stereocenters. The lowest BCUT2D eigenvalue weighted by Gasteiger charge is -2.28. The van der Waals surface area contributed by atoms with E-state index in [0.717, 1.165) is 26.1 Å². The Morgan fingerprint density at radius 2 is 2.28 bits per heavy atom. The maximum Gasteiger partial charge on any atom is 0.144 e. The summed E-state index contributed by atoms with van der Waals surface area (Å²) in [5.74, 6) is 1.18. The Balaban J connectivity index is 2.06. The van der Waals surface area contributed by atoms with E-state index in [1.54, 1.807) is 12.3 Å². The fraction of sp³-hybridized carbons (Fsp3) is 0.538. The number of pyridine rings is 1. The van der Waals surface area contributed by atoms with E-state index in [1.807, 2.05) is 0 Å². The van der Waals surface area contributed by atoms with Gasteiger partial charge in [-0.2, -0.15) is 5.26 Å². The third kappa shape index (κ3) is 2.90. The lowest BCUT2D eigenvalue weighted by atomic mass is 9.93. The molecule has 5 heteroatoms. The molecule has 18 heavy (non-hydrogen) atoms. The lowest BCUT2D eigenvalue weighted by Crippen LogP contribution is -2.31. The fourth-order valence-corrected chi connectivity index (χ4v) is 2.23. The molecule has 1 aliphatic rings. The summed E-state index contributed by atoms with van der Waals surface area (Å²) < 4.78 is 5.35. The molecule has 1 aliphatic heterocycles. The van der Waals surface area contributed by atoms with E-state index in [4.69, 9.17) is 15.7 Å². The first-order valence-corrected chi connectivity index (χ1v) is 6.20. The first-order valence-electron chi connectivity index (χ1n) is 6.20. The van der Waals surface area contributed by atoms with Gasteiger partial charge in [0.1, 0.15) is 11.9 Å². The average molecular weight is 246 g/mol. The van der Waals surface area contributed by atoms with E-state index in [9.17, 15) is 0 Å². The standard InChI is InChI=1S/C13H18N4O/c1-9(10-2-4-18-5-3-10)17-13-11(7-14)6-12(15)8-16-13/h6,8-10H,2-5,15H2,1H3,(H,16,17). The first kappa shape index (κ1) is 12.7. The zero-order valence-corrected chi connectivity index (χ0v) is 10.5. The number of nitrogens with two attached hydrogens (primary N) is 1. The molecule has 0 radical (unpaired) electrons. The third-order valence-electron chi connectivity index (χ3n) is 3.37. The van der Waals surface area contributed by atoms with Crippen LogP contribution >= 0.6 is 0 Å². The predicted molar refractivity (Wildman–Crippen MR) is 70.0 cm³/mol. The Bertz CT molecular complexity index is 449. The van der Waals surface area contributed by atoms with Gasteiger partial charge in [-0.3, -0.25) is 0 Å². The molecule has 1 aromatic rings. The minimum atomic E-state index is 0.275. The van der Waals surface area contributed by atoms with E-state index in [-0.39, 0.29) is 6.04 Å². The van der Waals surface area contributed by atoms with E-state index in [1.165, 1.54) is 0 Å². The molecule has 0 aliphatic carbocycles. The number of hydrogen-bond acceptors (Lipinski definition) is 5. The molecule has 1 saturated heterocycles. The van der Waals surface area contributed by atoms with Gasteiger partial charge in [0.05, 0.1) is 17.4 Å². The fourth-order valence-electron chi connectivity index (χ4n) is 2.23. The Labute approximate surface area is 107 Å². The molecule has 5 nitrogen and oxygen atoms in total. The summed E-state index contributed by atoms with van der Waals surface area (Å²) in [5.41, 5.74) is 6.62. The molecule has 3 N–H and O–H groups in total. The molecule has 0 spiro atoms. The molecule has 0 aromatic carbocycles. The molecular formula is C13H18N4O. The van der Waals surface area contributed by atoms with Gasteiger partial charge in [-0.25, -0.2) is 4.98 Å². The minimum absolute atomic E-state index is 0.275. The molecule has 0 saturated carbocycles. The van der Waals surface area contributed by atoms with E-state index in [2.05, 4.69) is 23.3 Å². The van der Waals surface area contributed by atoms with Crippen molar-refractivity contribution in [1.29, 1.82) is 5.26 Å². The summed E-state index contributed by atoms with van der Waals surface area (Å²) in [6.45, 7) is 3.75. The number of anilines is 2. The Morgan fingerprint density at radius 1 is 1.56 bits per heavy atom. The van der Waals surface area contributed by atoms with Crippen LogP contribution < -0.4 is 11.1 Å². The number of rotatable bonds is 3. The second-order valence-corrected chi connectivity index (χ2v) is 4.66. The molecule has 2 heterocycles. The van der Waals surface area contributed by atoms with Crippen LogP contribution in [0.3, 0.4) is 0 Å². The molecule has 1 fully saturated rings. The lowest BCUT2D eigenvalue weighted by molar-refractivity contribution is 0.0622. The highest BCUT2D eigenvalue weighted by Gasteiger charge is 2.21. The number of ether oxygens (including phenoxy) is 1. The third-order valence-corrected chi connectivity index (χ3v) is 3.37. The topological polar surface area (TPSA) is 84.0 Å². The monoisotopic (exact) mass is 246 g/mol. The summed E-state index contributed by atoms with van der Waals surface area (Å²) in [7, 11) is 0. The molecule has 2 rings (SSSR count). The smallest absolute Gasteiger partial charge is 0.144 e. The van der Waals surface area contributed by atoms with E-state index < -0.39 is 0 Å². The number of hydrogen-bond donors (Lipinski definition) is 2. The van der Waals surface area contributed by atoms with Gasteiger partial charge in [0, 0.05) is 19.3 Å². The summed E-state index contributed by atoms with van der Waals surface area (Å²) in [5, 5.41) is 12.4. The Hall–Kier alpha value is -1.80. The number of nitrogen functional groups attached to an aromatic ring is 1. The SMILES string of the molecule is CC(Nc1ncc(N)cc1C#N)C1CCOCC1.